The third-order valence-electron chi connectivity index (χ3n) is 2.99. The van der Waals surface area contributed by atoms with Crippen LogP contribution in [-0.2, 0) is 16.0 Å². The van der Waals surface area contributed by atoms with Crippen LogP contribution in [0.1, 0.15) is 19.4 Å². The first-order chi connectivity index (χ1) is 8.49. The lowest BCUT2D eigenvalue weighted by Gasteiger charge is -2.19. The highest BCUT2D eigenvalue weighted by atomic mass is 19.1. The molecule has 3 nitrogen and oxygen atoms in total. The molecule has 18 heavy (non-hydrogen) atoms. The lowest BCUT2D eigenvalue weighted by Crippen LogP contribution is -2.24. The molecule has 1 rings (SSSR count). The average molecular weight is 254 g/mol. The first-order valence-corrected chi connectivity index (χ1v) is 5.89. The van der Waals surface area contributed by atoms with Gasteiger partial charge in [-0.15, -0.1) is 0 Å². The van der Waals surface area contributed by atoms with Gasteiger partial charge in [-0.2, -0.15) is 0 Å². The highest BCUT2D eigenvalue weighted by Gasteiger charge is 2.24. The average Bonchev–Trinajstić information content (AvgIpc) is 2.34. The van der Waals surface area contributed by atoms with Crippen LogP contribution in [-0.4, -0.2) is 20.2 Å². The van der Waals surface area contributed by atoms with Gasteiger partial charge in [0, 0.05) is 0 Å². The van der Waals surface area contributed by atoms with Crippen LogP contribution < -0.4 is 4.74 Å². The number of ether oxygens (including phenoxy) is 2. The van der Waals surface area contributed by atoms with Crippen molar-refractivity contribution in [2.45, 2.75) is 20.3 Å². The van der Waals surface area contributed by atoms with Gasteiger partial charge < -0.3 is 9.47 Å². The molecule has 0 aliphatic carbocycles. The monoisotopic (exact) mass is 254 g/mol. The zero-order valence-corrected chi connectivity index (χ0v) is 11.2. The molecule has 4 heteroatoms. The predicted octanol–water partition coefficient (Wildman–Crippen LogP) is 2.82. The molecule has 0 radical (unpaired) electrons. The van der Waals surface area contributed by atoms with Crippen LogP contribution in [0.25, 0.3) is 0 Å². The summed E-state index contributed by atoms with van der Waals surface area (Å²) in [6, 6.07) is 4.31. The van der Waals surface area contributed by atoms with Crippen molar-refractivity contribution in [2.75, 3.05) is 14.2 Å². The van der Waals surface area contributed by atoms with Gasteiger partial charge in [0.1, 0.15) is 11.6 Å². The van der Waals surface area contributed by atoms with Crippen LogP contribution in [0.15, 0.2) is 18.2 Å². The van der Waals surface area contributed by atoms with E-state index < -0.39 is 0 Å². The summed E-state index contributed by atoms with van der Waals surface area (Å²) in [7, 11) is 2.89. The van der Waals surface area contributed by atoms with Gasteiger partial charge in [0.05, 0.1) is 20.1 Å². The van der Waals surface area contributed by atoms with Gasteiger partial charge in [0.25, 0.3) is 0 Å². The number of halogens is 1. The summed E-state index contributed by atoms with van der Waals surface area (Å²) in [4.78, 5) is 11.7. The van der Waals surface area contributed by atoms with Crippen molar-refractivity contribution in [3.63, 3.8) is 0 Å². The summed E-state index contributed by atoms with van der Waals surface area (Å²) < 4.78 is 23.2. The zero-order valence-electron chi connectivity index (χ0n) is 11.2. The summed E-state index contributed by atoms with van der Waals surface area (Å²) in [6.07, 6.45) is 0.408. The number of carbonyl (C=O) groups excluding carboxylic acids is 1. The van der Waals surface area contributed by atoms with E-state index in [2.05, 4.69) is 0 Å². The van der Waals surface area contributed by atoms with Gasteiger partial charge in [-0.25, -0.2) is 4.39 Å². The molecule has 0 saturated heterocycles. The molecule has 0 N–H and O–H groups in total. The third kappa shape index (κ3) is 3.45. The van der Waals surface area contributed by atoms with Crippen molar-refractivity contribution in [3.8, 4) is 5.75 Å². The summed E-state index contributed by atoms with van der Waals surface area (Å²) in [6.45, 7) is 3.88. The number of methoxy groups -OCH3 is 2. The second kappa shape index (κ2) is 6.38. The molecule has 0 saturated carbocycles. The second-order valence-corrected chi connectivity index (χ2v) is 4.53. The van der Waals surface area contributed by atoms with Crippen LogP contribution >= 0.6 is 0 Å². The maximum Gasteiger partial charge on any atom is 0.309 e. The van der Waals surface area contributed by atoms with E-state index in [-0.39, 0.29) is 23.6 Å². The Morgan fingerprint density at radius 2 is 2.00 bits per heavy atom. The molecular weight excluding hydrogens is 235 g/mol. The van der Waals surface area contributed by atoms with Gasteiger partial charge in [0.2, 0.25) is 0 Å². The lowest BCUT2D eigenvalue weighted by atomic mass is 9.89. The molecule has 0 aliphatic rings. The third-order valence-corrected chi connectivity index (χ3v) is 2.99. The van der Waals surface area contributed by atoms with Crippen LogP contribution in [0.5, 0.6) is 5.75 Å². The van der Waals surface area contributed by atoms with Crippen molar-refractivity contribution in [2.24, 2.45) is 11.8 Å². The lowest BCUT2D eigenvalue weighted by molar-refractivity contribution is -0.146. The van der Waals surface area contributed by atoms with E-state index >= 15 is 0 Å². The first-order valence-electron chi connectivity index (χ1n) is 5.89. The van der Waals surface area contributed by atoms with Crippen molar-refractivity contribution >= 4 is 5.97 Å². The fraction of sp³-hybridized carbons (Fsp3) is 0.500. The maximum atomic E-state index is 13.2. The minimum absolute atomic E-state index is 0.116. The second-order valence-electron chi connectivity index (χ2n) is 4.53. The molecule has 100 valence electrons. The van der Waals surface area contributed by atoms with Crippen LogP contribution in [0.3, 0.4) is 0 Å². The van der Waals surface area contributed by atoms with Gasteiger partial charge in [-0.3, -0.25) is 4.79 Å². The number of carbonyl (C=O) groups is 1. The largest absolute Gasteiger partial charge is 0.496 e. The molecular formula is C14H19FO3. The Morgan fingerprint density at radius 1 is 1.33 bits per heavy atom. The van der Waals surface area contributed by atoms with Gasteiger partial charge in [0.15, 0.2) is 0 Å². The van der Waals surface area contributed by atoms with Crippen molar-refractivity contribution < 1.29 is 18.7 Å². The molecule has 0 aliphatic heterocycles. The quantitative estimate of drug-likeness (QED) is 0.758. The van der Waals surface area contributed by atoms with Crippen LogP contribution in [0.4, 0.5) is 4.39 Å². The Balaban J connectivity index is 2.99. The molecule has 0 amide bonds. The number of hydrogen-bond acceptors (Lipinski definition) is 3. The van der Waals surface area contributed by atoms with E-state index in [1.54, 1.807) is 6.07 Å². The molecule has 0 bridgehead atoms. The van der Waals surface area contributed by atoms with E-state index in [4.69, 9.17) is 9.47 Å². The van der Waals surface area contributed by atoms with E-state index in [9.17, 15) is 9.18 Å². The minimum atomic E-state index is -0.335. The smallest absolute Gasteiger partial charge is 0.309 e. The van der Waals surface area contributed by atoms with Crippen molar-refractivity contribution in [1.82, 2.24) is 0 Å². The summed E-state index contributed by atoms with van der Waals surface area (Å²) >= 11 is 0. The fourth-order valence-corrected chi connectivity index (χ4v) is 1.89. The highest BCUT2D eigenvalue weighted by molar-refractivity contribution is 5.73. The number of rotatable bonds is 5. The minimum Gasteiger partial charge on any atom is -0.496 e. The molecule has 1 unspecified atom stereocenters. The molecule has 1 aromatic carbocycles. The standard InChI is InChI=1S/C14H19FO3/c1-9(2)12(14(16)18-4)8-10-7-11(15)5-6-13(10)17-3/h5-7,9,12H,8H2,1-4H3. The topological polar surface area (TPSA) is 35.5 Å². The number of esters is 1. The Labute approximate surface area is 107 Å². The van der Waals surface area contributed by atoms with Crippen molar-refractivity contribution in [3.05, 3.63) is 29.6 Å². The molecule has 0 fully saturated rings. The Kier molecular flexibility index (Phi) is 5.13. The predicted molar refractivity (Wildman–Crippen MR) is 67.0 cm³/mol. The Morgan fingerprint density at radius 3 is 2.50 bits per heavy atom. The van der Waals surface area contributed by atoms with E-state index in [1.807, 2.05) is 13.8 Å². The summed E-state index contributed by atoms with van der Waals surface area (Å²) in [5.74, 6) is -0.212. The van der Waals surface area contributed by atoms with Gasteiger partial charge in [-0.1, -0.05) is 13.8 Å². The Hall–Kier alpha value is -1.58. The van der Waals surface area contributed by atoms with Crippen LogP contribution in [0.2, 0.25) is 0 Å². The van der Waals surface area contributed by atoms with Crippen LogP contribution in [0, 0.1) is 17.7 Å². The maximum absolute atomic E-state index is 13.2. The number of benzene rings is 1. The van der Waals surface area contributed by atoms with Gasteiger partial charge >= 0.3 is 5.97 Å². The first kappa shape index (κ1) is 14.5. The molecule has 0 aromatic heterocycles. The SMILES string of the molecule is COC(=O)C(Cc1cc(F)ccc1OC)C(C)C. The molecule has 1 aromatic rings. The zero-order chi connectivity index (χ0) is 13.7. The summed E-state index contributed by atoms with van der Waals surface area (Å²) in [5, 5.41) is 0. The Bertz CT molecular complexity index is 416. The van der Waals surface area contributed by atoms with E-state index in [0.29, 0.717) is 17.7 Å². The number of hydrogen-bond donors (Lipinski definition) is 0. The highest BCUT2D eigenvalue weighted by Crippen LogP contribution is 2.26. The summed E-state index contributed by atoms with van der Waals surface area (Å²) in [5.41, 5.74) is 0.682. The normalized spacial score (nSPS) is 12.3. The molecule has 0 spiro atoms. The van der Waals surface area contributed by atoms with Gasteiger partial charge in [-0.05, 0) is 36.1 Å². The molecule has 0 heterocycles. The fourth-order valence-electron chi connectivity index (χ4n) is 1.89. The van der Waals surface area contributed by atoms with Crippen molar-refractivity contribution in [1.29, 1.82) is 0 Å². The molecule has 1 atom stereocenters. The van der Waals surface area contributed by atoms with E-state index in [0.717, 1.165) is 0 Å². The van der Waals surface area contributed by atoms with E-state index in [1.165, 1.54) is 26.4 Å².